The number of nitrogens with zero attached hydrogens (tertiary/aromatic N) is 2. The van der Waals surface area contributed by atoms with Crippen LogP contribution in [0.2, 0.25) is 0 Å². The molecule has 4 aromatic rings. The van der Waals surface area contributed by atoms with Crippen LogP contribution in [0.15, 0.2) is 47.8 Å². The molecule has 3 N–H and O–H groups in total. The van der Waals surface area contributed by atoms with E-state index in [1.807, 2.05) is 12.1 Å². The molecule has 0 atom stereocenters. The maximum Gasteiger partial charge on any atom is 0.355 e. The molecule has 0 amide bonds. The van der Waals surface area contributed by atoms with Gasteiger partial charge in [-0.1, -0.05) is 50.6 Å². The van der Waals surface area contributed by atoms with E-state index in [0.29, 0.717) is 11.6 Å². The minimum Gasteiger partial charge on any atom is -0.476 e. The average molecular weight is 446 g/mol. The van der Waals surface area contributed by atoms with Gasteiger partial charge in [0.15, 0.2) is 5.69 Å². The van der Waals surface area contributed by atoms with Crippen molar-refractivity contribution in [2.45, 2.75) is 40.7 Å². The molecular weight excluding hydrogens is 418 g/mol. The van der Waals surface area contributed by atoms with Gasteiger partial charge in [0.05, 0.1) is 5.52 Å². The Morgan fingerprint density at radius 2 is 1.75 bits per heavy atom. The number of benzene rings is 2. The SMILES string of the molecule is Cc1ccc(-c2c(CN)c(CC(C)(C)C)nc3ccc(-c4nc(C(=O)O)cs4)cc23)cc1. The molecule has 2 aromatic heterocycles. The van der Waals surface area contributed by atoms with Crippen LogP contribution in [0.25, 0.3) is 32.6 Å². The minimum absolute atomic E-state index is 0.0603. The Hall–Kier alpha value is -3.09. The second kappa shape index (κ2) is 8.45. The lowest BCUT2D eigenvalue weighted by atomic mass is 9.85. The average Bonchev–Trinajstić information content (AvgIpc) is 3.23. The van der Waals surface area contributed by atoms with Crippen molar-refractivity contribution in [3.8, 4) is 21.7 Å². The highest BCUT2D eigenvalue weighted by Crippen LogP contribution is 2.37. The molecule has 0 aliphatic rings. The molecule has 6 heteroatoms. The van der Waals surface area contributed by atoms with Crippen molar-refractivity contribution in [2.75, 3.05) is 0 Å². The van der Waals surface area contributed by atoms with Crippen molar-refractivity contribution >= 4 is 28.2 Å². The summed E-state index contributed by atoms with van der Waals surface area (Å²) < 4.78 is 0. The molecule has 2 heterocycles. The van der Waals surface area contributed by atoms with Gasteiger partial charge in [0.2, 0.25) is 0 Å². The van der Waals surface area contributed by atoms with Gasteiger partial charge in [0.25, 0.3) is 0 Å². The van der Waals surface area contributed by atoms with Crippen LogP contribution < -0.4 is 5.73 Å². The summed E-state index contributed by atoms with van der Waals surface area (Å²) in [6.45, 7) is 9.08. The molecule has 0 saturated heterocycles. The minimum atomic E-state index is -1.02. The number of hydrogen-bond acceptors (Lipinski definition) is 5. The van der Waals surface area contributed by atoms with Gasteiger partial charge in [-0.2, -0.15) is 0 Å². The quantitative estimate of drug-likeness (QED) is 0.389. The molecule has 0 radical (unpaired) electrons. The molecule has 2 aromatic carbocycles. The smallest absolute Gasteiger partial charge is 0.355 e. The van der Waals surface area contributed by atoms with E-state index in [4.69, 9.17) is 10.7 Å². The predicted molar refractivity (Wildman–Crippen MR) is 131 cm³/mol. The van der Waals surface area contributed by atoms with Crippen molar-refractivity contribution < 1.29 is 9.90 Å². The van der Waals surface area contributed by atoms with Crippen molar-refractivity contribution in [1.82, 2.24) is 9.97 Å². The molecule has 164 valence electrons. The zero-order valence-electron chi connectivity index (χ0n) is 18.8. The standard InChI is InChI=1S/C26H27N3O2S/c1-15-5-7-16(8-6-15)23-18-11-17(24-29-22(14-32-24)25(30)31)9-10-20(18)28-21(19(23)13-27)12-26(2,3)4/h5-11,14H,12-13,27H2,1-4H3,(H,30,31). The Kier molecular flexibility index (Phi) is 5.84. The first-order chi connectivity index (χ1) is 15.2. The summed E-state index contributed by atoms with van der Waals surface area (Å²) in [6, 6.07) is 14.5. The maximum atomic E-state index is 11.3. The summed E-state index contributed by atoms with van der Waals surface area (Å²) in [5.41, 5.74) is 13.7. The normalized spacial score (nSPS) is 11.8. The lowest BCUT2D eigenvalue weighted by Gasteiger charge is -2.23. The fraction of sp³-hybridized carbons (Fsp3) is 0.269. The highest BCUT2D eigenvalue weighted by Gasteiger charge is 2.21. The number of nitrogens with two attached hydrogens (primary N) is 1. The first-order valence-corrected chi connectivity index (χ1v) is 11.5. The van der Waals surface area contributed by atoms with Crippen LogP contribution in [0, 0.1) is 12.3 Å². The van der Waals surface area contributed by atoms with Crippen LogP contribution in [-0.2, 0) is 13.0 Å². The molecule has 32 heavy (non-hydrogen) atoms. The molecule has 0 unspecified atom stereocenters. The zero-order valence-corrected chi connectivity index (χ0v) is 19.6. The molecule has 5 nitrogen and oxygen atoms in total. The highest BCUT2D eigenvalue weighted by molar-refractivity contribution is 7.13. The fourth-order valence-electron chi connectivity index (χ4n) is 3.91. The Bertz CT molecular complexity index is 1300. The second-order valence-corrected chi connectivity index (χ2v) is 10.2. The lowest BCUT2D eigenvalue weighted by molar-refractivity contribution is 0.0691. The van der Waals surface area contributed by atoms with E-state index in [-0.39, 0.29) is 11.1 Å². The summed E-state index contributed by atoms with van der Waals surface area (Å²) in [7, 11) is 0. The number of fused-ring (bicyclic) bond motifs is 1. The van der Waals surface area contributed by atoms with Crippen molar-refractivity contribution in [1.29, 1.82) is 0 Å². The van der Waals surface area contributed by atoms with Crippen LogP contribution in [0.5, 0.6) is 0 Å². The van der Waals surface area contributed by atoms with E-state index in [1.165, 1.54) is 16.9 Å². The predicted octanol–water partition coefficient (Wildman–Crippen LogP) is 6.08. The summed E-state index contributed by atoms with van der Waals surface area (Å²) in [5, 5.41) is 12.5. The fourth-order valence-corrected chi connectivity index (χ4v) is 4.70. The maximum absolute atomic E-state index is 11.3. The van der Waals surface area contributed by atoms with Gasteiger partial charge in [-0.15, -0.1) is 11.3 Å². The van der Waals surface area contributed by atoms with Gasteiger partial charge in [-0.3, -0.25) is 4.98 Å². The first kappa shape index (κ1) is 22.1. The van der Waals surface area contributed by atoms with Gasteiger partial charge < -0.3 is 10.8 Å². The van der Waals surface area contributed by atoms with E-state index >= 15 is 0 Å². The van der Waals surface area contributed by atoms with Crippen LogP contribution >= 0.6 is 11.3 Å². The topological polar surface area (TPSA) is 89.1 Å². The van der Waals surface area contributed by atoms with Crippen molar-refractivity contribution in [3.05, 3.63) is 70.4 Å². The number of aromatic carboxylic acids is 1. The van der Waals surface area contributed by atoms with Crippen LogP contribution in [0.3, 0.4) is 0 Å². The van der Waals surface area contributed by atoms with Crippen LogP contribution in [-0.4, -0.2) is 21.0 Å². The lowest BCUT2D eigenvalue weighted by Crippen LogP contribution is -2.15. The second-order valence-electron chi connectivity index (χ2n) is 9.29. The molecule has 0 aliphatic heterocycles. The summed E-state index contributed by atoms with van der Waals surface area (Å²) in [6.07, 6.45) is 0.824. The van der Waals surface area contributed by atoms with Crippen LogP contribution in [0.4, 0.5) is 0 Å². The molecular formula is C26H27N3O2S. The van der Waals surface area contributed by atoms with Crippen molar-refractivity contribution in [3.63, 3.8) is 0 Å². The van der Waals surface area contributed by atoms with Gasteiger partial charge in [0, 0.05) is 28.6 Å². The van der Waals surface area contributed by atoms with E-state index in [1.54, 1.807) is 5.38 Å². The number of aromatic nitrogens is 2. The van der Waals surface area contributed by atoms with E-state index in [9.17, 15) is 9.90 Å². The zero-order chi connectivity index (χ0) is 23.0. The van der Waals surface area contributed by atoms with Gasteiger partial charge in [-0.25, -0.2) is 9.78 Å². The molecule has 0 spiro atoms. The van der Waals surface area contributed by atoms with E-state index < -0.39 is 5.97 Å². The van der Waals surface area contributed by atoms with Gasteiger partial charge in [0.1, 0.15) is 5.01 Å². The first-order valence-electron chi connectivity index (χ1n) is 10.6. The Labute approximate surface area is 192 Å². The number of carbonyl (C=O) groups is 1. The summed E-state index contributed by atoms with van der Waals surface area (Å²) in [4.78, 5) is 20.6. The number of thiazole rings is 1. The van der Waals surface area contributed by atoms with Gasteiger partial charge in [-0.05, 0) is 53.6 Å². The largest absolute Gasteiger partial charge is 0.476 e. The highest BCUT2D eigenvalue weighted by atomic mass is 32.1. The summed E-state index contributed by atoms with van der Waals surface area (Å²) in [5.74, 6) is -1.02. The molecule has 4 rings (SSSR count). The third-order valence-electron chi connectivity index (χ3n) is 5.38. The molecule has 0 aliphatic carbocycles. The number of aryl methyl sites for hydroxylation is 1. The van der Waals surface area contributed by atoms with E-state index in [0.717, 1.165) is 45.3 Å². The Morgan fingerprint density at radius 1 is 1.06 bits per heavy atom. The number of pyridine rings is 1. The monoisotopic (exact) mass is 445 g/mol. The van der Waals surface area contributed by atoms with E-state index in [2.05, 4.69) is 63.0 Å². The molecule has 0 saturated carbocycles. The molecule has 0 fully saturated rings. The number of carboxylic acid groups (broad SMARTS) is 1. The third kappa shape index (κ3) is 4.42. The number of hydrogen-bond donors (Lipinski definition) is 2. The van der Waals surface area contributed by atoms with Crippen molar-refractivity contribution in [2.24, 2.45) is 11.1 Å². The third-order valence-corrected chi connectivity index (χ3v) is 6.28. The number of rotatable bonds is 5. The van der Waals surface area contributed by atoms with Crippen LogP contribution in [0.1, 0.15) is 48.1 Å². The number of carboxylic acids is 1. The molecule has 0 bridgehead atoms. The van der Waals surface area contributed by atoms with Gasteiger partial charge >= 0.3 is 5.97 Å². The Morgan fingerprint density at radius 3 is 2.34 bits per heavy atom. The Balaban J connectivity index is 1.99. The summed E-state index contributed by atoms with van der Waals surface area (Å²) >= 11 is 1.33.